The summed E-state index contributed by atoms with van der Waals surface area (Å²) in [5.41, 5.74) is 2.91. The van der Waals surface area contributed by atoms with Gasteiger partial charge in [-0.3, -0.25) is 0 Å². The molecule has 0 saturated carbocycles. The van der Waals surface area contributed by atoms with E-state index in [-0.39, 0.29) is 0 Å². The van der Waals surface area contributed by atoms with Crippen molar-refractivity contribution in [3.8, 4) is 0 Å². The SMILES string of the molecule is Cc1cnc(C(C)(O)c2cccc3ccccc23)n1C(c1ccccc1)(c1ccccc1)c1ccccc1. The lowest BCUT2D eigenvalue weighted by atomic mass is 9.75. The Kier molecular flexibility index (Phi) is 5.94. The highest BCUT2D eigenvalue weighted by molar-refractivity contribution is 5.86. The molecule has 1 unspecified atom stereocenters. The molecule has 38 heavy (non-hydrogen) atoms. The van der Waals surface area contributed by atoms with E-state index in [9.17, 15) is 5.11 Å². The lowest BCUT2D eigenvalue weighted by Crippen LogP contribution is -2.42. The minimum Gasteiger partial charge on any atom is -0.377 e. The Balaban J connectivity index is 1.73. The van der Waals surface area contributed by atoms with E-state index in [1.165, 1.54) is 0 Å². The number of hydrogen-bond acceptors (Lipinski definition) is 2. The number of nitrogens with zero attached hydrogens (tertiary/aromatic N) is 2. The Hall–Kier alpha value is -4.47. The third kappa shape index (κ3) is 3.67. The first kappa shape index (κ1) is 23.9. The first-order chi connectivity index (χ1) is 18.5. The largest absolute Gasteiger partial charge is 0.377 e. The van der Waals surface area contributed by atoms with E-state index in [4.69, 9.17) is 4.98 Å². The molecule has 5 aromatic carbocycles. The van der Waals surface area contributed by atoms with Crippen LogP contribution in [0, 0.1) is 6.92 Å². The number of rotatable bonds is 6. The van der Waals surface area contributed by atoms with Crippen molar-refractivity contribution in [1.29, 1.82) is 0 Å². The molecule has 0 aliphatic rings. The number of aliphatic hydroxyl groups is 1. The zero-order valence-corrected chi connectivity index (χ0v) is 21.6. The Labute approximate surface area is 223 Å². The predicted octanol–water partition coefficient (Wildman–Crippen LogP) is 7.44. The smallest absolute Gasteiger partial charge is 0.146 e. The molecule has 0 radical (unpaired) electrons. The molecule has 1 aromatic heterocycles. The van der Waals surface area contributed by atoms with Gasteiger partial charge in [0.05, 0.1) is 0 Å². The molecule has 3 nitrogen and oxygen atoms in total. The summed E-state index contributed by atoms with van der Waals surface area (Å²) in [6.45, 7) is 3.93. The number of benzene rings is 5. The highest BCUT2D eigenvalue weighted by atomic mass is 16.3. The molecule has 0 aliphatic heterocycles. The van der Waals surface area contributed by atoms with Gasteiger partial charge < -0.3 is 9.67 Å². The Morgan fingerprint density at radius 3 is 1.63 bits per heavy atom. The second-order valence-corrected chi connectivity index (χ2v) is 9.97. The van der Waals surface area contributed by atoms with E-state index in [1.807, 2.05) is 55.6 Å². The molecule has 1 N–H and O–H groups in total. The number of hydrogen-bond donors (Lipinski definition) is 1. The average molecular weight is 495 g/mol. The monoisotopic (exact) mass is 494 g/mol. The van der Waals surface area contributed by atoms with Crippen molar-refractivity contribution in [2.75, 3.05) is 0 Å². The Morgan fingerprint density at radius 1 is 0.605 bits per heavy atom. The fourth-order valence-corrected chi connectivity index (χ4v) is 5.90. The van der Waals surface area contributed by atoms with Gasteiger partial charge in [-0.05, 0) is 46.9 Å². The van der Waals surface area contributed by atoms with Gasteiger partial charge in [0.15, 0.2) is 0 Å². The quantitative estimate of drug-likeness (QED) is 0.244. The molecule has 3 heteroatoms. The fourth-order valence-electron chi connectivity index (χ4n) is 5.90. The van der Waals surface area contributed by atoms with Crippen LogP contribution in [-0.4, -0.2) is 14.7 Å². The maximum Gasteiger partial charge on any atom is 0.146 e. The van der Waals surface area contributed by atoms with Crippen LogP contribution in [0.15, 0.2) is 140 Å². The van der Waals surface area contributed by atoms with E-state index in [1.54, 1.807) is 0 Å². The molecule has 0 fully saturated rings. The van der Waals surface area contributed by atoms with E-state index in [0.717, 1.165) is 38.7 Å². The van der Waals surface area contributed by atoms with Gasteiger partial charge >= 0.3 is 0 Å². The maximum absolute atomic E-state index is 12.5. The molecule has 0 saturated heterocycles. The number of fused-ring (bicyclic) bond motifs is 1. The lowest BCUT2D eigenvalue weighted by molar-refractivity contribution is 0.0867. The zero-order chi connectivity index (χ0) is 26.2. The van der Waals surface area contributed by atoms with Crippen LogP contribution in [0.2, 0.25) is 0 Å². The third-order valence-electron chi connectivity index (χ3n) is 7.60. The molecule has 6 rings (SSSR count). The highest BCUT2D eigenvalue weighted by Gasteiger charge is 2.44. The van der Waals surface area contributed by atoms with Gasteiger partial charge in [-0.15, -0.1) is 0 Å². The van der Waals surface area contributed by atoms with Gasteiger partial charge in [0.25, 0.3) is 0 Å². The summed E-state index contributed by atoms with van der Waals surface area (Å²) in [6.07, 6.45) is 1.87. The summed E-state index contributed by atoms with van der Waals surface area (Å²) in [5, 5.41) is 14.6. The summed E-state index contributed by atoms with van der Waals surface area (Å²) in [6, 6.07) is 45.8. The van der Waals surface area contributed by atoms with E-state index < -0.39 is 11.1 Å². The van der Waals surface area contributed by atoms with Gasteiger partial charge in [0, 0.05) is 11.9 Å². The summed E-state index contributed by atoms with van der Waals surface area (Å²) in [7, 11) is 0. The van der Waals surface area contributed by atoms with Crippen LogP contribution in [0.5, 0.6) is 0 Å². The minimum absolute atomic E-state index is 0.586. The normalized spacial score (nSPS) is 13.3. The fraction of sp³-hybridized carbons (Fsp3) is 0.114. The van der Waals surface area contributed by atoms with Crippen LogP contribution in [0.25, 0.3) is 10.8 Å². The van der Waals surface area contributed by atoms with E-state index in [0.29, 0.717) is 5.82 Å². The van der Waals surface area contributed by atoms with Crippen molar-refractivity contribution in [2.45, 2.75) is 25.0 Å². The van der Waals surface area contributed by atoms with Crippen molar-refractivity contribution < 1.29 is 5.11 Å². The molecule has 0 bridgehead atoms. The molecule has 1 heterocycles. The molecule has 6 aromatic rings. The van der Waals surface area contributed by atoms with Gasteiger partial charge in [0.2, 0.25) is 0 Å². The first-order valence-corrected chi connectivity index (χ1v) is 13.0. The van der Waals surface area contributed by atoms with Crippen LogP contribution in [-0.2, 0) is 11.1 Å². The molecule has 0 aliphatic carbocycles. The second kappa shape index (κ2) is 9.44. The predicted molar refractivity (Wildman–Crippen MR) is 154 cm³/mol. The third-order valence-corrected chi connectivity index (χ3v) is 7.60. The minimum atomic E-state index is -1.38. The molecular formula is C35H30N2O. The Morgan fingerprint density at radius 2 is 1.08 bits per heavy atom. The second-order valence-electron chi connectivity index (χ2n) is 9.97. The molecule has 186 valence electrons. The van der Waals surface area contributed by atoms with Crippen LogP contribution in [0.4, 0.5) is 0 Å². The zero-order valence-electron chi connectivity index (χ0n) is 21.6. The molecule has 1 atom stereocenters. The Bertz CT molecular complexity index is 1580. The van der Waals surface area contributed by atoms with Crippen LogP contribution < -0.4 is 0 Å². The van der Waals surface area contributed by atoms with Crippen LogP contribution in [0.1, 0.15) is 40.7 Å². The van der Waals surface area contributed by atoms with Crippen molar-refractivity contribution >= 4 is 10.8 Å². The van der Waals surface area contributed by atoms with Crippen LogP contribution in [0.3, 0.4) is 0 Å². The summed E-state index contributed by atoms with van der Waals surface area (Å²) < 4.78 is 2.23. The summed E-state index contributed by atoms with van der Waals surface area (Å²) in [5.74, 6) is 0.586. The molecule has 0 amide bonds. The summed E-state index contributed by atoms with van der Waals surface area (Å²) >= 11 is 0. The van der Waals surface area contributed by atoms with Crippen molar-refractivity contribution in [1.82, 2.24) is 9.55 Å². The maximum atomic E-state index is 12.5. The molecule has 0 spiro atoms. The number of aromatic nitrogens is 2. The standard InChI is InChI=1S/C35H30N2O/c1-26-25-36-33(34(2,38)32-24-14-16-27-15-12-13-23-31(27)32)37(26)35(28-17-6-3-7-18-28,29-19-8-4-9-20-29)30-21-10-5-11-22-30/h3-25,38H,1-2H3. The van der Waals surface area contributed by atoms with Crippen molar-refractivity contribution in [3.63, 3.8) is 0 Å². The van der Waals surface area contributed by atoms with E-state index in [2.05, 4.69) is 102 Å². The lowest BCUT2D eigenvalue weighted by Gasteiger charge is -2.41. The highest BCUT2D eigenvalue weighted by Crippen LogP contribution is 2.45. The number of aryl methyl sites for hydroxylation is 1. The van der Waals surface area contributed by atoms with Gasteiger partial charge in [-0.2, -0.15) is 0 Å². The average Bonchev–Trinajstić information content (AvgIpc) is 3.37. The molecular weight excluding hydrogens is 464 g/mol. The van der Waals surface area contributed by atoms with Gasteiger partial charge in [-0.25, -0.2) is 4.98 Å². The van der Waals surface area contributed by atoms with Crippen LogP contribution >= 0.6 is 0 Å². The van der Waals surface area contributed by atoms with E-state index >= 15 is 0 Å². The van der Waals surface area contributed by atoms with Gasteiger partial charge in [0.1, 0.15) is 17.0 Å². The van der Waals surface area contributed by atoms with Crippen molar-refractivity contribution in [2.24, 2.45) is 0 Å². The van der Waals surface area contributed by atoms with Gasteiger partial charge in [-0.1, -0.05) is 133 Å². The summed E-state index contributed by atoms with van der Waals surface area (Å²) in [4.78, 5) is 4.93. The number of imidazole rings is 1. The topological polar surface area (TPSA) is 38.1 Å². The first-order valence-electron chi connectivity index (χ1n) is 13.0. The van der Waals surface area contributed by atoms with Crippen molar-refractivity contribution in [3.05, 3.63) is 173 Å².